The van der Waals surface area contributed by atoms with Crippen LogP contribution in [0.5, 0.6) is 11.5 Å². The van der Waals surface area contributed by atoms with Crippen molar-refractivity contribution >= 4 is 11.6 Å². The van der Waals surface area contributed by atoms with Gasteiger partial charge < -0.3 is 9.84 Å². The van der Waals surface area contributed by atoms with E-state index >= 15 is 0 Å². The van der Waals surface area contributed by atoms with Gasteiger partial charge in [0, 0.05) is 11.3 Å². The van der Waals surface area contributed by atoms with Gasteiger partial charge in [0.05, 0.1) is 7.11 Å². The van der Waals surface area contributed by atoms with Gasteiger partial charge in [0.25, 0.3) is 0 Å². The number of ether oxygens (including phenoxy) is 1. The standard InChI is InChI=1S/C14H15ClN2O2/c1-8(2)10-7-13(15)17-14(16-10)9-4-5-12(19-3)11(18)6-9/h4-8,18H,1-3H3. The molecule has 0 spiro atoms. The van der Waals surface area contributed by atoms with Crippen LogP contribution in [0.1, 0.15) is 25.5 Å². The second-order valence-corrected chi connectivity index (χ2v) is 4.87. The average Bonchev–Trinajstić information content (AvgIpc) is 2.37. The zero-order valence-electron chi connectivity index (χ0n) is 11.0. The van der Waals surface area contributed by atoms with Crippen LogP contribution < -0.4 is 4.74 Å². The number of phenols is 1. The average molecular weight is 279 g/mol. The van der Waals surface area contributed by atoms with Crippen LogP contribution >= 0.6 is 11.6 Å². The van der Waals surface area contributed by atoms with Gasteiger partial charge >= 0.3 is 0 Å². The molecule has 1 aromatic heterocycles. The summed E-state index contributed by atoms with van der Waals surface area (Å²) in [5.74, 6) is 1.21. The molecule has 0 aliphatic heterocycles. The van der Waals surface area contributed by atoms with Gasteiger partial charge in [0.1, 0.15) is 5.15 Å². The number of hydrogen-bond donors (Lipinski definition) is 1. The van der Waals surface area contributed by atoms with E-state index in [0.29, 0.717) is 22.3 Å². The van der Waals surface area contributed by atoms with Crippen molar-refractivity contribution in [3.8, 4) is 22.9 Å². The molecule has 2 rings (SSSR count). The first-order chi connectivity index (χ1) is 9.01. The number of halogens is 1. The zero-order chi connectivity index (χ0) is 14.0. The Hall–Kier alpha value is -1.81. The highest BCUT2D eigenvalue weighted by Crippen LogP contribution is 2.31. The second kappa shape index (κ2) is 5.45. The first-order valence-electron chi connectivity index (χ1n) is 5.93. The van der Waals surface area contributed by atoms with E-state index in [4.69, 9.17) is 16.3 Å². The highest BCUT2D eigenvalue weighted by atomic mass is 35.5. The lowest BCUT2D eigenvalue weighted by Crippen LogP contribution is -1.98. The van der Waals surface area contributed by atoms with Crippen LogP contribution in [0, 0.1) is 0 Å². The third kappa shape index (κ3) is 2.96. The lowest BCUT2D eigenvalue weighted by molar-refractivity contribution is 0.373. The number of rotatable bonds is 3. The van der Waals surface area contributed by atoms with Gasteiger partial charge in [-0.05, 0) is 30.2 Å². The van der Waals surface area contributed by atoms with E-state index in [2.05, 4.69) is 9.97 Å². The van der Waals surface area contributed by atoms with Gasteiger partial charge in [-0.1, -0.05) is 25.4 Å². The Morgan fingerprint density at radius 1 is 1.21 bits per heavy atom. The van der Waals surface area contributed by atoms with Crippen LogP contribution in [0.15, 0.2) is 24.3 Å². The number of benzene rings is 1. The summed E-state index contributed by atoms with van der Waals surface area (Å²) < 4.78 is 5.00. The third-order valence-corrected chi connectivity index (χ3v) is 2.94. The lowest BCUT2D eigenvalue weighted by atomic mass is 10.1. The van der Waals surface area contributed by atoms with Crippen molar-refractivity contribution in [2.45, 2.75) is 19.8 Å². The molecule has 1 aromatic carbocycles. The molecule has 1 heterocycles. The van der Waals surface area contributed by atoms with Gasteiger partial charge in [0.2, 0.25) is 0 Å². The maximum absolute atomic E-state index is 9.79. The monoisotopic (exact) mass is 278 g/mol. The molecule has 1 N–H and O–H groups in total. The summed E-state index contributed by atoms with van der Waals surface area (Å²) in [6.07, 6.45) is 0. The molecule has 0 radical (unpaired) electrons. The molecule has 0 fully saturated rings. The molecule has 0 atom stereocenters. The van der Waals surface area contributed by atoms with Gasteiger partial charge in [-0.25, -0.2) is 9.97 Å². The van der Waals surface area contributed by atoms with Crippen LogP contribution in [0.3, 0.4) is 0 Å². The third-order valence-electron chi connectivity index (χ3n) is 2.74. The number of hydrogen-bond acceptors (Lipinski definition) is 4. The Bertz CT molecular complexity index is 600. The molecule has 2 aromatic rings. The molecule has 0 aliphatic rings. The lowest BCUT2D eigenvalue weighted by Gasteiger charge is -2.09. The molecular weight excluding hydrogens is 264 g/mol. The van der Waals surface area contributed by atoms with E-state index in [1.54, 1.807) is 24.3 Å². The van der Waals surface area contributed by atoms with Crippen molar-refractivity contribution in [1.82, 2.24) is 9.97 Å². The molecular formula is C14H15ClN2O2. The molecule has 0 saturated heterocycles. The summed E-state index contributed by atoms with van der Waals surface area (Å²) in [7, 11) is 1.50. The normalized spacial score (nSPS) is 10.8. The van der Waals surface area contributed by atoms with Gasteiger partial charge in [-0.2, -0.15) is 0 Å². The summed E-state index contributed by atoms with van der Waals surface area (Å²) in [6.45, 7) is 4.07. The van der Waals surface area contributed by atoms with Crippen molar-refractivity contribution in [2.24, 2.45) is 0 Å². The van der Waals surface area contributed by atoms with Crippen LogP contribution in [-0.4, -0.2) is 22.2 Å². The predicted molar refractivity (Wildman–Crippen MR) is 74.8 cm³/mol. The van der Waals surface area contributed by atoms with Crippen molar-refractivity contribution in [3.05, 3.63) is 35.1 Å². The quantitative estimate of drug-likeness (QED) is 0.871. The van der Waals surface area contributed by atoms with Crippen LogP contribution in [0.25, 0.3) is 11.4 Å². The number of aromatic hydroxyl groups is 1. The van der Waals surface area contributed by atoms with E-state index in [-0.39, 0.29) is 11.7 Å². The van der Waals surface area contributed by atoms with Gasteiger partial charge in [0.15, 0.2) is 17.3 Å². The van der Waals surface area contributed by atoms with Crippen LogP contribution in [-0.2, 0) is 0 Å². The van der Waals surface area contributed by atoms with Crippen molar-refractivity contribution < 1.29 is 9.84 Å². The fourth-order valence-electron chi connectivity index (χ4n) is 1.69. The number of phenolic OH excluding ortho intramolecular Hbond substituents is 1. The Morgan fingerprint density at radius 3 is 2.53 bits per heavy atom. The maximum Gasteiger partial charge on any atom is 0.161 e. The van der Waals surface area contributed by atoms with Gasteiger partial charge in [-0.15, -0.1) is 0 Å². The first-order valence-corrected chi connectivity index (χ1v) is 6.31. The molecule has 19 heavy (non-hydrogen) atoms. The molecule has 100 valence electrons. The zero-order valence-corrected chi connectivity index (χ0v) is 11.8. The van der Waals surface area contributed by atoms with E-state index in [1.165, 1.54) is 7.11 Å². The topological polar surface area (TPSA) is 55.2 Å². The van der Waals surface area contributed by atoms with Crippen molar-refractivity contribution in [3.63, 3.8) is 0 Å². The van der Waals surface area contributed by atoms with E-state index < -0.39 is 0 Å². The molecule has 4 nitrogen and oxygen atoms in total. The number of aromatic nitrogens is 2. The molecule has 0 unspecified atom stereocenters. The Morgan fingerprint density at radius 2 is 1.95 bits per heavy atom. The van der Waals surface area contributed by atoms with Crippen LogP contribution in [0.2, 0.25) is 5.15 Å². The Labute approximate surface area is 117 Å². The highest BCUT2D eigenvalue weighted by Gasteiger charge is 2.10. The minimum atomic E-state index is 0.0506. The summed E-state index contributed by atoms with van der Waals surface area (Å²) in [5.41, 5.74) is 1.56. The number of nitrogens with zero attached hydrogens (tertiary/aromatic N) is 2. The summed E-state index contributed by atoms with van der Waals surface area (Å²) in [6, 6.07) is 6.77. The van der Waals surface area contributed by atoms with Crippen molar-refractivity contribution in [1.29, 1.82) is 0 Å². The van der Waals surface area contributed by atoms with Gasteiger partial charge in [-0.3, -0.25) is 0 Å². The summed E-state index contributed by atoms with van der Waals surface area (Å²) in [4.78, 5) is 8.64. The van der Waals surface area contributed by atoms with E-state index in [9.17, 15) is 5.11 Å². The summed E-state index contributed by atoms with van der Waals surface area (Å²) in [5, 5.41) is 10.2. The van der Waals surface area contributed by atoms with Crippen molar-refractivity contribution in [2.75, 3.05) is 7.11 Å². The predicted octanol–water partition coefficient (Wildman–Crippen LogP) is 3.63. The minimum Gasteiger partial charge on any atom is -0.504 e. The molecule has 0 saturated carbocycles. The molecule has 0 bridgehead atoms. The Kier molecular flexibility index (Phi) is 3.90. The smallest absolute Gasteiger partial charge is 0.161 e. The van der Waals surface area contributed by atoms with Crippen LogP contribution in [0.4, 0.5) is 0 Å². The fraction of sp³-hybridized carbons (Fsp3) is 0.286. The van der Waals surface area contributed by atoms with E-state index in [0.717, 1.165) is 5.69 Å². The molecule has 5 heteroatoms. The largest absolute Gasteiger partial charge is 0.504 e. The Balaban J connectivity index is 2.49. The number of methoxy groups -OCH3 is 1. The summed E-state index contributed by atoms with van der Waals surface area (Å²) >= 11 is 6.00. The minimum absolute atomic E-state index is 0.0506. The SMILES string of the molecule is COc1ccc(-c2nc(Cl)cc(C(C)C)n2)cc1O. The maximum atomic E-state index is 9.79. The molecule has 0 aliphatic carbocycles. The first kappa shape index (κ1) is 13.6. The second-order valence-electron chi connectivity index (χ2n) is 4.48. The van der Waals surface area contributed by atoms with E-state index in [1.807, 2.05) is 13.8 Å². The molecule has 0 amide bonds. The fourth-order valence-corrected chi connectivity index (χ4v) is 1.88. The highest BCUT2D eigenvalue weighted by molar-refractivity contribution is 6.29.